The average Bonchev–Trinajstić information content (AvgIpc) is 3.18. The largest absolute Gasteiger partial charge is 0.544 e. The number of nitrogens with zero attached hydrogens (tertiary/aromatic N) is 1. The molecular weight excluding hydrogens is 727 g/mol. The number of rotatable bonds is 38. The van der Waals surface area contributed by atoms with Crippen molar-refractivity contribution in [1.82, 2.24) is 0 Å². The van der Waals surface area contributed by atoms with Crippen LogP contribution in [0.1, 0.15) is 149 Å². The topological polar surface area (TPSA) is 102 Å². The van der Waals surface area contributed by atoms with Crippen molar-refractivity contribution in [2.45, 2.75) is 161 Å². The highest BCUT2D eigenvalue weighted by Gasteiger charge is 2.25. The van der Waals surface area contributed by atoms with Crippen molar-refractivity contribution in [3.8, 4) is 0 Å². The number of esters is 2. The maximum Gasteiger partial charge on any atom is 0.306 e. The van der Waals surface area contributed by atoms with E-state index in [1.54, 1.807) is 21.1 Å². The summed E-state index contributed by atoms with van der Waals surface area (Å²) in [6, 6.07) is -0.740. The van der Waals surface area contributed by atoms with Crippen LogP contribution in [-0.4, -0.2) is 75.5 Å². The summed E-state index contributed by atoms with van der Waals surface area (Å²) < 4.78 is 17.1. The van der Waals surface area contributed by atoms with E-state index in [0.717, 1.165) is 116 Å². The van der Waals surface area contributed by atoms with E-state index in [4.69, 9.17) is 14.2 Å². The molecule has 0 heterocycles. The molecule has 0 amide bonds. The van der Waals surface area contributed by atoms with Gasteiger partial charge in [-0.25, -0.2) is 0 Å². The van der Waals surface area contributed by atoms with E-state index in [1.165, 1.54) is 0 Å². The summed E-state index contributed by atoms with van der Waals surface area (Å²) in [7, 11) is 5.38. The summed E-state index contributed by atoms with van der Waals surface area (Å²) in [5.74, 6) is -1.81. The number of carbonyl (C=O) groups excluding carboxylic acids is 3. The Morgan fingerprint density at radius 1 is 0.517 bits per heavy atom. The number of carboxylic acids is 1. The number of hydrogen-bond acceptors (Lipinski definition) is 7. The number of quaternary nitrogens is 1. The van der Waals surface area contributed by atoms with Crippen molar-refractivity contribution in [1.29, 1.82) is 0 Å². The average molecular weight is 808 g/mol. The molecule has 0 fully saturated rings. The Hall–Kier alpha value is -3.75. The number of aliphatic carboxylic acids is 1. The Kier molecular flexibility index (Phi) is 37.5. The second-order valence-electron chi connectivity index (χ2n) is 15.5. The van der Waals surface area contributed by atoms with Crippen LogP contribution in [0, 0.1) is 0 Å². The Morgan fingerprint density at radius 3 is 1.33 bits per heavy atom. The van der Waals surface area contributed by atoms with E-state index < -0.39 is 18.1 Å². The molecule has 0 aromatic rings. The first kappa shape index (κ1) is 54.2. The highest BCUT2D eigenvalue weighted by Crippen LogP contribution is 2.12. The maximum atomic E-state index is 12.7. The molecule has 8 heteroatoms. The van der Waals surface area contributed by atoms with Gasteiger partial charge in [-0.3, -0.25) is 9.59 Å². The van der Waals surface area contributed by atoms with Crippen molar-refractivity contribution in [2.75, 3.05) is 41.0 Å². The number of carbonyl (C=O) groups is 3. The number of allylic oxidation sites excluding steroid dienone is 16. The SMILES string of the molecule is CC/C=C/C/C=C/C/C=C/C/C=C/C/C=C/CCCCCCC(=O)OCC(COCCC(C(=O)[O-])[N+](C)(C)C)OC(=O)CCCCCC/C=C/C/C=C/C/C=C/CC. The Morgan fingerprint density at radius 2 is 0.914 bits per heavy atom. The minimum absolute atomic E-state index is 0.0166. The van der Waals surface area contributed by atoms with Gasteiger partial charge in [0.2, 0.25) is 0 Å². The normalized spacial score (nSPS) is 13.9. The van der Waals surface area contributed by atoms with Crippen molar-refractivity contribution in [3.05, 3.63) is 97.2 Å². The molecule has 0 saturated heterocycles. The molecular formula is C50H81NO7. The molecule has 328 valence electrons. The molecule has 0 rings (SSSR count). The standard InChI is InChI=1S/C50H81NO7/c1-6-8-10-12-14-16-18-20-22-23-24-25-26-27-29-30-32-34-36-38-40-48(52)57-45-46(44-56-43-42-47(50(54)55)51(3,4)5)58-49(53)41-39-37-35-33-31-28-21-19-17-15-13-11-9-7-2/h8-11,14-17,20-22,24-25,27-29,46-47H,6-7,12-13,18-19,23,26,30-45H2,1-5H3/b10-8+,11-9+,16-14+,17-15+,22-20+,25-24+,28-21+,29-27+. The summed E-state index contributed by atoms with van der Waals surface area (Å²) in [6.07, 6.45) is 52.9. The summed E-state index contributed by atoms with van der Waals surface area (Å²) in [6.45, 7) is 4.36. The van der Waals surface area contributed by atoms with E-state index >= 15 is 0 Å². The van der Waals surface area contributed by atoms with Gasteiger partial charge in [0.25, 0.3) is 0 Å². The third-order valence-electron chi connectivity index (χ3n) is 9.22. The van der Waals surface area contributed by atoms with E-state index in [2.05, 4.69) is 111 Å². The predicted molar refractivity (Wildman–Crippen MR) is 240 cm³/mol. The molecule has 2 atom stereocenters. The van der Waals surface area contributed by atoms with Crippen molar-refractivity contribution in [2.24, 2.45) is 0 Å². The van der Waals surface area contributed by atoms with Crippen molar-refractivity contribution < 1.29 is 38.2 Å². The lowest BCUT2D eigenvalue weighted by Gasteiger charge is -2.34. The molecule has 0 aromatic heterocycles. The zero-order chi connectivity index (χ0) is 42.8. The lowest BCUT2D eigenvalue weighted by Crippen LogP contribution is -2.55. The molecule has 0 aliphatic carbocycles. The summed E-state index contributed by atoms with van der Waals surface area (Å²) >= 11 is 0. The lowest BCUT2D eigenvalue weighted by molar-refractivity contribution is -0.889. The van der Waals surface area contributed by atoms with Gasteiger partial charge >= 0.3 is 11.9 Å². The highest BCUT2D eigenvalue weighted by molar-refractivity contribution is 5.70. The van der Waals surface area contributed by atoms with Gasteiger partial charge < -0.3 is 28.6 Å². The molecule has 0 aliphatic rings. The van der Waals surface area contributed by atoms with Crippen LogP contribution in [0.15, 0.2) is 97.2 Å². The van der Waals surface area contributed by atoms with Gasteiger partial charge in [-0.2, -0.15) is 0 Å². The molecule has 0 saturated carbocycles. The Bertz CT molecular complexity index is 1260. The predicted octanol–water partition coefficient (Wildman–Crippen LogP) is 11.0. The van der Waals surface area contributed by atoms with Gasteiger partial charge in [0, 0.05) is 19.3 Å². The van der Waals surface area contributed by atoms with E-state index in [0.29, 0.717) is 6.42 Å². The van der Waals surface area contributed by atoms with Gasteiger partial charge in [0.1, 0.15) is 12.6 Å². The van der Waals surface area contributed by atoms with Crippen LogP contribution in [0.3, 0.4) is 0 Å². The minimum atomic E-state index is -1.14. The van der Waals surface area contributed by atoms with E-state index in [9.17, 15) is 19.5 Å². The molecule has 0 spiro atoms. The van der Waals surface area contributed by atoms with Gasteiger partial charge in [-0.15, -0.1) is 0 Å². The van der Waals surface area contributed by atoms with Crippen molar-refractivity contribution >= 4 is 17.9 Å². The Labute approximate surface area is 354 Å². The second kappa shape index (κ2) is 40.0. The third-order valence-corrected chi connectivity index (χ3v) is 9.22. The van der Waals surface area contributed by atoms with Crippen LogP contribution in [0.5, 0.6) is 0 Å². The third kappa shape index (κ3) is 37.8. The van der Waals surface area contributed by atoms with Gasteiger partial charge in [-0.1, -0.05) is 137 Å². The first-order valence-corrected chi connectivity index (χ1v) is 22.3. The van der Waals surface area contributed by atoms with Gasteiger partial charge in [0.15, 0.2) is 6.10 Å². The summed E-state index contributed by atoms with van der Waals surface area (Å²) in [4.78, 5) is 36.9. The Balaban J connectivity index is 4.42. The molecule has 0 bridgehead atoms. The number of carboxylic acid groups (broad SMARTS) is 1. The van der Waals surface area contributed by atoms with Crippen molar-refractivity contribution in [3.63, 3.8) is 0 Å². The molecule has 0 aliphatic heterocycles. The fraction of sp³-hybridized carbons (Fsp3) is 0.620. The van der Waals surface area contributed by atoms with Gasteiger partial charge in [0.05, 0.1) is 40.3 Å². The van der Waals surface area contributed by atoms with Crippen LogP contribution in [0.25, 0.3) is 0 Å². The monoisotopic (exact) mass is 808 g/mol. The van der Waals surface area contributed by atoms with Crippen LogP contribution in [-0.2, 0) is 28.6 Å². The van der Waals surface area contributed by atoms with Crippen LogP contribution in [0.4, 0.5) is 0 Å². The number of ether oxygens (including phenoxy) is 3. The maximum absolute atomic E-state index is 12.7. The fourth-order valence-corrected chi connectivity index (χ4v) is 5.82. The molecule has 0 aromatic carbocycles. The zero-order valence-electron chi connectivity index (χ0n) is 37.2. The van der Waals surface area contributed by atoms with Crippen LogP contribution < -0.4 is 5.11 Å². The number of likely N-dealkylation sites (N-methyl/N-ethyl adjacent to an activating group) is 1. The molecule has 8 nitrogen and oxygen atoms in total. The minimum Gasteiger partial charge on any atom is -0.544 e. The second-order valence-corrected chi connectivity index (χ2v) is 15.5. The van der Waals surface area contributed by atoms with Crippen LogP contribution >= 0.6 is 0 Å². The van der Waals surface area contributed by atoms with E-state index in [-0.39, 0.29) is 49.1 Å². The zero-order valence-corrected chi connectivity index (χ0v) is 37.2. The lowest BCUT2D eigenvalue weighted by atomic mass is 10.1. The summed E-state index contributed by atoms with van der Waals surface area (Å²) in [5, 5.41) is 11.6. The molecule has 2 unspecified atom stereocenters. The van der Waals surface area contributed by atoms with Gasteiger partial charge in [-0.05, 0) is 89.9 Å². The fourth-order valence-electron chi connectivity index (χ4n) is 5.82. The quantitative estimate of drug-likeness (QED) is 0.0265. The molecule has 0 N–H and O–H groups in total. The van der Waals surface area contributed by atoms with Crippen LogP contribution in [0.2, 0.25) is 0 Å². The molecule has 58 heavy (non-hydrogen) atoms. The number of hydrogen-bond donors (Lipinski definition) is 0. The smallest absolute Gasteiger partial charge is 0.306 e. The first-order chi connectivity index (χ1) is 28.1. The number of unbranched alkanes of at least 4 members (excludes halogenated alkanes) is 8. The highest BCUT2D eigenvalue weighted by atomic mass is 16.6. The first-order valence-electron chi connectivity index (χ1n) is 22.3. The summed E-state index contributed by atoms with van der Waals surface area (Å²) in [5.41, 5.74) is 0. The van der Waals surface area contributed by atoms with E-state index in [1.807, 2.05) is 0 Å². The molecule has 0 radical (unpaired) electrons.